The van der Waals surface area contributed by atoms with Crippen molar-refractivity contribution >= 4 is 33.2 Å². The lowest BCUT2D eigenvalue weighted by molar-refractivity contribution is 0.302. The van der Waals surface area contributed by atoms with Crippen LogP contribution in [0.4, 0.5) is 0 Å². The van der Waals surface area contributed by atoms with Gasteiger partial charge in [-0.1, -0.05) is 11.6 Å². The number of likely N-dealkylation sites (tertiary alicyclic amines) is 1. The Morgan fingerprint density at radius 2 is 1.82 bits per heavy atom. The van der Waals surface area contributed by atoms with Crippen molar-refractivity contribution < 1.29 is 8.42 Å². The summed E-state index contributed by atoms with van der Waals surface area (Å²) in [4.78, 5) is 1.92. The Bertz CT molecular complexity index is 700. The summed E-state index contributed by atoms with van der Waals surface area (Å²) in [6.45, 7) is 1.58. The Labute approximate surface area is 140 Å². The van der Waals surface area contributed by atoms with E-state index in [1.54, 1.807) is 6.26 Å². The van der Waals surface area contributed by atoms with Gasteiger partial charge >= 0.3 is 0 Å². The summed E-state index contributed by atoms with van der Waals surface area (Å²) in [7, 11) is -3.83. The molecule has 0 amide bonds. The molecule has 0 radical (unpaired) electrons. The molecule has 1 aromatic carbocycles. The van der Waals surface area contributed by atoms with E-state index in [-0.39, 0.29) is 9.80 Å². The number of hydrogen-bond donors (Lipinski definition) is 0. The lowest BCUT2D eigenvalue weighted by Gasteiger charge is -2.30. The van der Waals surface area contributed by atoms with E-state index >= 15 is 0 Å². The number of thioether (sulfide) groups is 1. The minimum Gasteiger partial charge on any atom is -0.365 e. The van der Waals surface area contributed by atoms with Crippen molar-refractivity contribution in [2.45, 2.75) is 24.2 Å². The van der Waals surface area contributed by atoms with Crippen LogP contribution in [0.3, 0.4) is 0 Å². The van der Waals surface area contributed by atoms with E-state index in [1.165, 1.54) is 36.0 Å². The van der Waals surface area contributed by atoms with Gasteiger partial charge in [-0.2, -0.15) is 5.26 Å². The molecule has 0 unspecified atom stereocenters. The molecule has 2 rings (SSSR count). The molecule has 0 N–H and O–H groups in total. The van der Waals surface area contributed by atoms with Crippen LogP contribution >= 0.6 is 23.4 Å². The first-order chi connectivity index (χ1) is 10.5. The van der Waals surface area contributed by atoms with Gasteiger partial charge in [0.2, 0.25) is 9.84 Å². The Morgan fingerprint density at radius 1 is 1.23 bits per heavy atom. The van der Waals surface area contributed by atoms with Crippen molar-refractivity contribution in [3.63, 3.8) is 0 Å². The smallest absolute Gasteiger partial charge is 0.219 e. The first kappa shape index (κ1) is 17.2. The number of piperidine rings is 1. The molecule has 1 aromatic rings. The number of allylic oxidation sites excluding steroid dienone is 1. The summed E-state index contributed by atoms with van der Waals surface area (Å²) in [6.07, 6.45) is 4.98. The number of halogens is 1. The van der Waals surface area contributed by atoms with Gasteiger partial charge in [0.05, 0.1) is 4.90 Å². The third kappa shape index (κ3) is 3.60. The van der Waals surface area contributed by atoms with Crippen molar-refractivity contribution in [2.24, 2.45) is 0 Å². The summed E-state index contributed by atoms with van der Waals surface area (Å²) in [5.74, 6) is 0. The Kier molecular flexibility index (Phi) is 5.79. The second kappa shape index (κ2) is 7.40. The third-order valence-corrected chi connectivity index (χ3v) is 6.47. The van der Waals surface area contributed by atoms with Gasteiger partial charge < -0.3 is 4.90 Å². The van der Waals surface area contributed by atoms with Crippen LogP contribution in [0.15, 0.2) is 39.1 Å². The fraction of sp³-hybridized carbons (Fsp3) is 0.400. The van der Waals surface area contributed by atoms with E-state index in [2.05, 4.69) is 0 Å². The highest BCUT2D eigenvalue weighted by atomic mass is 35.5. The maximum Gasteiger partial charge on any atom is 0.219 e. The van der Waals surface area contributed by atoms with Crippen LogP contribution in [-0.4, -0.2) is 32.7 Å². The number of benzene rings is 1. The maximum absolute atomic E-state index is 12.8. The van der Waals surface area contributed by atoms with Gasteiger partial charge in [-0.25, -0.2) is 8.42 Å². The van der Waals surface area contributed by atoms with Gasteiger partial charge in [-0.05, 0) is 49.8 Å². The summed E-state index contributed by atoms with van der Waals surface area (Å²) >= 11 is 7.11. The molecule has 0 aliphatic carbocycles. The average Bonchev–Trinajstić information content (AvgIpc) is 2.53. The number of hydrogen-bond acceptors (Lipinski definition) is 5. The predicted octanol–water partition coefficient (Wildman–Crippen LogP) is 3.66. The van der Waals surface area contributed by atoms with Crippen molar-refractivity contribution in [1.29, 1.82) is 5.26 Å². The summed E-state index contributed by atoms with van der Waals surface area (Å²) < 4.78 is 25.5. The zero-order chi connectivity index (χ0) is 16.2. The molecule has 0 aromatic heterocycles. The fourth-order valence-corrected chi connectivity index (χ4v) is 5.00. The molecular formula is C15H17ClN2O2S2. The molecule has 1 heterocycles. The van der Waals surface area contributed by atoms with Crippen LogP contribution in [0, 0.1) is 11.3 Å². The van der Waals surface area contributed by atoms with Crippen molar-refractivity contribution in [1.82, 2.24) is 4.90 Å². The minimum absolute atomic E-state index is 0.0945. The molecule has 1 fully saturated rings. The van der Waals surface area contributed by atoms with E-state index < -0.39 is 9.84 Å². The molecular weight excluding hydrogens is 340 g/mol. The van der Waals surface area contributed by atoms with E-state index in [4.69, 9.17) is 11.6 Å². The topological polar surface area (TPSA) is 61.2 Å². The molecule has 0 saturated carbocycles. The summed E-state index contributed by atoms with van der Waals surface area (Å²) in [6, 6.07) is 7.80. The quantitative estimate of drug-likeness (QED) is 0.770. The maximum atomic E-state index is 12.8. The van der Waals surface area contributed by atoms with Crippen LogP contribution in [0.5, 0.6) is 0 Å². The Balaban J connectivity index is 2.49. The van der Waals surface area contributed by atoms with Gasteiger partial charge in [0, 0.05) is 18.1 Å². The molecule has 118 valence electrons. The zero-order valence-electron chi connectivity index (χ0n) is 12.3. The SMILES string of the molecule is CS/C(=C(\C#N)S(=O)(=O)c1ccc(Cl)cc1)N1CCCCC1. The molecule has 0 atom stereocenters. The van der Waals surface area contributed by atoms with Crippen molar-refractivity contribution in [2.75, 3.05) is 19.3 Å². The second-order valence-electron chi connectivity index (χ2n) is 4.96. The van der Waals surface area contributed by atoms with E-state index in [1.807, 2.05) is 11.0 Å². The number of nitrogens with zero attached hydrogens (tertiary/aromatic N) is 2. The fourth-order valence-electron chi connectivity index (χ4n) is 2.42. The van der Waals surface area contributed by atoms with Gasteiger partial charge in [0.15, 0.2) is 4.91 Å². The molecule has 7 heteroatoms. The second-order valence-corrected chi connectivity index (χ2v) is 8.07. The van der Waals surface area contributed by atoms with E-state index in [0.29, 0.717) is 10.1 Å². The molecule has 1 saturated heterocycles. The van der Waals surface area contributed by atoms with Gasteiger partial charge in [-0.3, -0.25) is 0 Å². The standard InChI is InChI=1S/C15H17ClN2O2S2/c1-21-15(18-9-3-2-4-10-18)14(11-17)22(19,20)13-7-5-12(16)6-8-13/h5-8H,2-4,9-10H2,1H3/b15-14+. The van der Waals surface area contributed by atoms with Gasteiger partial charge in [0.25, 0.3) is 0 Å². The predicted molar refractivity (Wildman–Crippen MR) is 90.2 cm³/mol. The lowest BCUT2D eigenvalue weighted by atomic mass is 10.1. The Morgan fingerprint density at radius 3 is 2.32 bits per heavy atom. The number of sulfone groups is 1. The van der Waals surface area contributed by atoms with Crippen LogP contribution in [0.2, 0.25) is 5.02 Å². The molecule has 0 spiro atoms. The van der Waals surface area contributed by atoms with Crippen LogP contribution < -0.4 is 0 Å². The highest BCUT2D eigenvalue weighted by Crippen LogP contribution is 2.31. The van der Waals surface area contributed by atoms with Gasteiger partial charge in [-0.15, -0.1) is 11.8 Å². The number of nitriles is 1. The average molecular weight is 357 g/mol. The first-order valence-electron chi connectivity index (χ1n) is 6.94. The molecule has 1 aliphatic rings. The van der Waals surface area contributed by atoms with Crippen molar-refractivity contribution in [3.8, 4) is 6.07 Å². The molecule has 1 aliphatic heterocycles. The molecule has 22 heavy (non-hydrogen) atoms. The lowest BCUT2D eigenvalue weighted by Crippen LogP contribution is -2.29. The minimum atomic E-state index is -3.83. The van der Waals surface area contributed by atoms with Crippen LogP contribution in [0.1, 0.15) is 19.3 Å². The molecule has 4 nitrogen and oxygen atoms in total. The van der Waals surface area contributed by atoms with E-state index in [0.717, 1.165) is 32.4 Å². The van der Waals surface area contributed by atoms with Crippen molar-refractivity contribution in [3.05, 3.63) is 39.2 Å². The summed E-state index contributed by atoms with van der Waals surface area (Å²) in [5.41, 5.74) is 0. The monoisotopic (exact) mass is 356 g/mol. The van der Waals surface area contributed by atoms with E-state index in [9.17, 15) is 13.7 Å². The number of rotatable bonds is 4. The molecule has 0 bridgehead atoms. The highest BCUT2D eigenvalue weighted by molar-refractivity contribution is 8.04. The van der Waals surface area contributed by atoms with Crippen LogP contribution in [-0.2, 0) is 9.84 Å². The highest BCUT2D eigenvalue weighted by Gasteiger charge is 2.28. The summed E-state index contributed by atoms with van der Waals surface area (Å²) in [5, 5.41) is 10.5. The first-order valence-corrected chi connectivity index (χ1v) is 10.0. The Hall–Kier alpha value is -1.16. The third-order valence-electron chi connectivity index (χ3n) is 3.53. The largest absolute Gasteiger partial charge is 0.365 e. The normalized spacial score (nSPS) is 16.9. The zero-order valence-corrected chi connectivity index (χ0v) is 14.6. The van der Waals surface area contributed by atoms with Crippen LogP contribution in [0.25, 0.3) is 0 Å². The van der Waals surface area contributed by atoms with Gasteiger partial charge in [0.1, 0.15) is 11.1 Å².